The molecule has 2 unspecified atom stereocenters. The summed E-state index contributed by atoms with van der Waals surface area (Å²) in [5.74, 6) is -1.97. The minimum Gasteiger partial charge on any atom is -0.477 e. The smallest absolute Gasteiger partial charge is 0.361 e. The van der Waals surface area contributed by atoms with Gasteiger partial charge < -0.3 is 28.5 Å². The number of carbonyl (C=O) groups excluding carboxylic acids is 2. The molecule has 466 valence electrons. The van der Waals surface area contributed by atoms with Crippen LogP contribution in [0.5, 0.6) is 0 Å². The fraction of sp³-hybridized carbons (Fsp3) is 0.900. The van der Waals surface area contributed by atoms with Crippen molar-refractivity contribution in [1.82, 2.24) is 0 Å². The van der Waals surface area contributed by atoms with Crippen molar-refractivity contribution >= 4 is 17.9 Å². The number of hydrogen-bond acceptors (Lipinski definition) is 7. The van der Waals surface area contributed by atoms with Crippen molar-refractivity contribution in [3.8, 4) is 0 Å². The van der Waals surface area contributed by atoms with Gasteiger partial charge in [0.2, 0.25) is 0 Å². The van der Waals surface area contributed by atoms with Crippen LogP contribution in [0.4, 0.5) is 0 Å². The number of rotatable bonds is 65. The number of quaternary nitrogens is 1. The molecule has 0 aromatic carbocycles. The number of carbonyl (C=O) groups is 3. The van der Waals surface area contributed by atoms with Gasteiger partial charge in [-0.15, -0.1) is 0 Å². The van der Waals surface area contributed by atoms with Crippen LogP contribution >= 0.6 is 0 Å². The summed E-state index contributed by atoms with van der Waals surface area (Å²) in [5, 5.41) is 9.74. The van der Waals surface area contributed by atoms with Crippen molar-refractivity contribution in [2.24, 2.45) is 0 Å². The summed E-state index contributed by atoms with van der Waals surface area (Å²) in [6.07, 6.45) is 72.9. The van der Waals surface area contributed by atoms with E-state index in [1.165, 1.54) is 276 Å². The molecule has 0 aliphatic carbocycles. The molecule has 0 radical (unpaired) electrons. The third kappa shape index (κ3) is 63.2. The second-order valence-corrected chi connectivity index (χ2v) is 24.8. The first-order valence-corrected chi connectivity index (χ1v) is 34.5. The van der Waals surface area contributed by atoms with E-state index in [-0.39, 0.29) is 38.2 Å². The standard InChI is InChI=1S/C70H133NO8/c1-6-8-10-12-14-16-18-20-22-24-26-28-29-30-31-32-33-34-35-36-37-38-39-41-43-45-47-49-51-53-55-57-59-61-68(73)79-66(65-78-70(69(74)75)76-63-62-71(3,4)5)64-77-67(72)60-58-56-54-52-50-48-46-44-42-40-27-25-23-21-19-17-15-13-11-9-7-2/h18,20,24,26,66,70H,6-17,19,21-23,25,27-65H2,1-5H3/p+1/b20-18-,26-24-. The molecule has 0 rings (SSSR count). The molecule has 0 aliphatic rings. The van der Waals surface area contributed by atoms with Crippen LogP contribution in [0.3, 0.4) is 0 Å². The van der Waals surface area contributed by atoms with Gasteiger partial charge in [0, 0.05) is 12.8 Å². The van der Waals surface area contributed by atoms with Crippen molar-refractivity contribution in [3.63, 3.8) is 0 Å². The van der Waals surface area contributed by atoms with E-state index in [2.05, 4.69) is 38.2 Å². The largest absolute Gasteiger partial charge is 0.477 e. The van der Waals surface area contributed by atoms with Gasteiger partial charge in [0.15, 0.2) is 6.10 Å². The fourth-order valence-corrected chi connectivity index (χ4v) is 10.4. The van der Waals surface area contributed by atoms with E-state index in [0.29, 0.717) is 17.4 Å². The topological polar surface area (TPSA) is 108 Å². The average molecular weight is 1120 g/mol. The lowest BCUT2D eigenvalue weighted by atomic mass is 10.0. The molecule has 0 aromatic rings. The van der Waals surface area contributed by atoms with E-state index >= 15 is 0 Å². The first kappa shape index (κ1) is 76.8. The van der Waals surface area contributed by atoms with Gasteiger partial charge in [-0.1, -0.05) is 314 Å². The molecule has 0 saturated heterocycles. The van der Waals surface area contributed by atoms with Crippen molar-refractivity contribution in [1.29, 1.82) is 0 Å². The van der Waals surface area contributed by atoms with Gasteiger partial charge >= 0.3 is 17.9 Å². The molecular weight excluding hydrogens is 983 g/mol. The van der Waals surface area contributed by atoms with E-state index in [0.717, 1.165) is 44.9 Å². The van der Waals surface area contributed by atoms with E-state index in [1.807, 2.05) is 21.1 Å². The Kier molecular flexibility index (Phi) is 60.1. The maximum Gasteiger partial charge on any atom is 0.361 e. The van der Waals surface area contributed by atoms with Crippen LogP contribution < -0.4 is 0 Å². The lowest BCUT2D eigenvalue weighted by molar-refractivity contribution is -0.870. The van der Waals surface area contributed by atoms with E-state index in [9.17, 15) is 19.5 Å². The number of carboxylic acids is 1. The molecule has 0 saturated carbocycles. The summed E-state index contributed by atoms with van der Waals surface area (Å²) in [6, 6.07) is 0. The molecule has 0 aliphatic heterocycles. The molecule has 9 heteroatoms. The summed E-state index contributed by atoms with van der Waals surface area (Å²) in [6.45, 7) is 4.94. The number of esters is 2. The zero-order chi connectivity index (χ0) is 57.6. The van der Waals surface area contributed by atoms with Crippen LogP contribution in [-0.4, -0.2) is 87.4 Å². The number of likely N-dealkylation sites (N-methyl/N-ethyl adjacent to an activating group) is 1. The van der Waals surface area contributed by atoms with Crippen LogP contribution in [0.15, 0.2) is 24.3 Å². The van der Waals surface area contributed by atoms with Crippen LogP contribution in [-0.2, 0) is 33.3 Å². The molecule has 1 N–H and O–H groups in total. The minimum absolute atomic E-state index is 0.174. The fourth-order valence-electron chi connectivity index (χ4n) is 10.4. The Hall–Kier alpha value is -2.23. The van der Waals surface area contributed by atoms with Gasteiger partial charge in [-0.25, -0.2) is 4.79 Å². The van der Waals surface area contributed by atoms with Gasteiger partial charge in [0.25, 0.3) is 6.29 Å². The first-order chi connectivity index (χ1) is 38.6. The molecule has 0 amide bonds. The Morgan fingerprint density at radius 1 is 0.380 bits per heavy atom. The van der Waals surface area contributed by atoms with E-state index in [1.54, 1.807) is 0 Å². The first-order valence-electron chi connectivity index (χ1n) is 34.5. The van der Waals surface area contributed by atoms with Crippen molar-refractivity contribution < 1.29 is 42.9 Å². The minimum atomic E-state index is -1.51. The number of nitrogens with zero attached hydrogens (tertiary/aromatic N) is 1. The van der Waals surface area contributed by atoms with Gasteiger partial charge in [0.1, 0.15) is 13.2 Å². The zero-order valence-electron chi connectivity index (χ0n) is 53.3. The highest BCUT2D eigenvalue weighted by Gasteiger charge is 2.25. The predicted octanol–water partition coefficient (Wildman–Crippen LogP) is 21.0. The maximum atomic E-state index is 12.9. The molecule has 0 bridgehead atoms. The van der Waals surface area contributed by atoms with Gasteiger partial charge in [-0.3, -0.25) is 9.59 Å². The van der Waals surface area contributed by atoms with Crippen molar-refractivity contribution in [3.05, 3.63) is 24.3 Å². The number of allylic oxidation sites excluding steroid dienone is 4. The van der Waals surface area contributed by atoms with Crippen LogP contribution in [0.1, 0.15) is 348 Å². The Bertz CT molecular complexity index is 1340. The van der Waals surface area contributed by atoms with Crippen LogP contribution in [0.25, 0.3) is 0 Å². The normalized spacial score (nSPS) is 12.8. The second-order valence-electron chi connectivity index (χ2n) is 24.8. The molecule has 0 fully saturated rings. The van der Waals surface area contributed by atoms with E-state index < -0.39 is 18.4 Å². The number of ether oxygens (including phenoxy) is 4. The van der Waals surface area contributed by atoms with Gasteiger partial charge in [-0.05, 0) is 44.9 Å². The lowest BCUT2D eigenvalue weighted by Crippen LogP contribution is -2.40. The van der Waals surface area contributed by atoms with Crippen LogP contribution in [0.2, 0.25) is 0 Å². The van der Waals surface area contributed by atoms with Crippen LogP contribution in [0, 0.1) is 0 Å². The summed E-state index contributed by atoms with van der Waals surface area (Å²) in [5.41, 5.74) is 0. The molecule has 2 atom stereocenters. The molecule has 79 heavy (non-hydrogen) atoms. The molecular formula is C70H134NO8+. The average Bonchev–Trinajstić information content (AvgIpc) is 3.42. The second kappa shape index (κ2) is 61.8. The Morgan fingerprint density at radius 3 is 1.00 bits per heavy atom. The summed E-state index contributed by atoms with van der Waals surface area (Å²) in [7, 11) is 5.99. The highest BCUT2D eigenvalue weighted by Crippen LogP contribution is 2.19. The van der Waals surface area contributed by atoms with Gasteiger partial charge in [-0.2, -0.15) is 0 Å². The number of aliphatic carboxylic acids is 1. The zero-order valence-corrected chi connectivity index (χ0v) is 53.3. The highest BCUT2D eigenvalue weighted by atomic mass is 16.7. The monoisotopic (exact) mass is 1120 g/mol. The summed E-state index contributed by atoms with van der Waals surface area (Å²) in [4.78, 5) is 37.6. The van der Waals surface area contributed by atoms with Crippen molar-refractivity contribution in [2.75, 3.05) is 47.5 Å². The molecule has 0 aromatic heterocycles. The van der Waals surface area contributed by atoms with Gasteiger partial charge in [0.05, 0.1) is 34.4 Å². The Balaban J connectivity index is 4.04. The summed E-state index contributed by atoms with van der Waals surface area (Å²) < 4.78 is 23.0. The SMILES string of the molecule is CCCCCCC/C=C\C/C=C\CCCCCCCCCCCCCCCCCCCCCCCC(=O)OC(COC(=O)CCCCCCCCCCCCCCCCCCCCCCC)COC(OCC[N+](C)(C)C)C(=O)O. The van der Waals surface area contributed by atoms with E-state index in [4.69, 9.17) is 18.9 Å². The third-order valence-corrected chi connectivity index (χ3v) is 15.7. The number of carboxylic acid groups (broad SMARTS) is 1. The third-order valence-electron chi connectivity index (χ3n) is 15.7. The molecule has 0 spiro atoms. The lowest BCUT2D eigenvalue weighted by Gasteiger charge is -2.25. The maximum absolute atomic E-state index is 12.9. The quantitative estimate of drug-likeness (QED) is 0.0211. The Labute approximate surface area is 490 Å². The Morgan fingerprint density at radius 2 is 0.684 bits per heavy atom. The number of hydrogen-bond donors (Lipinski definition) is 1. The number of unbranched alkanes of at least 4 members (excludes halogenated alkanes) is 46. The van der Waals surface area contributed by atoms with Crippen molar-refractivity contribution in [2.45, 2.75) is 360 Å². The summed E-state index contributed by atoms with van der Waals surface area (Å²) >= 11 is 0. The predicted molar refractivity (Wildman–Crippen MR) is 337 cm³/mol. The molecule has 9 nitrogen and oxygen atoms in total. The highest BCUT2D eigenvalue weighted by molar-refractivity contribution is 5.71. The molecule has 0 heterocycles.